The molecule has 7 heteroatoms. The van der Waals surface area contributed by atoms with E-state index in [-0.39, 0.29) is 33.7 Å². The van der Waals surface area contributed by atoms with Gasteiger partial charge in [-0.3, -0.25) is 4.79 Å². The van der Waals surface area contributed by atoms with Gasteiger partial charge < -0.3 is 29.9 Å². The zero-order valence-electron chi connectivity index (χ0n) is 27.8. The van der Waals surface area contributed by atoms with Crippen molar-refractivity contribution >= 4 is 5.97 Å². The van der Waals surface area contributed by atoms with Gasteiger partial charge in [-0.15, -0.1) is 0 Å². The Morgan fingerprint density at radius 2 is 1.56 bits per heavy atom. The van der Waals surface area contributed by atoms with Gasteiger partial charge in [0, 0.05) is 0 Å². The van der Waals surface area contributed by atoms with E-state index < -0.39 is 42.1 Å². The van der Waals surface area contributed by atoms with Crippen LogP contribution in [0.5, 0.6) is 0 Å². The van der Waals surface area contributed by atoms with E-state index in [0.29, 0.717) is 23.7 Å². The van der Waals surface area contributed by atoms with Crippen molar-refractivity contribution in [3.63, 3.8) is 0 Å². The lowest BCUT2D eigenvalue weighted by molar-refractivity contribution is -0.324. The first-order valence-electron chi connectivity index (χ1n) is 17.2. The number of aliphatic hydroxyl groups excluding tert-OH is 3. The smallest absolute Gasteiger partial charge is 0.310 e. The van der Waals surface area contributed by atoms with Crippen molar-refractivity contribution < 1.29 is 34.7 Å². The molecule has 0 aromatic rings. The molecule has 0 radical (unpaired) electrons. The SMILES string of the molecule is C[C@H]1[C@H](C)CC[C@]2(C(=O)O)CC[C@]3(C)C(=CC[C@@H]4[C@@]5(C)CC[C@H](O[C@@H]6O[C@H](C)[C@H](O)[C@H](O)[C@H]6O)C(C)(C)[C@@H]5CC[C@]43C)[C@H]12. The molecule has 6 rings (SSSR count). The van der Waals surface area contributed by atoms with Crippen LogP contribution in [-0.4, -0.2) is 63.2 Å². The van der Waals surface area contributed by atoms with E-state index in [0.717, 1.165) is 57.8 Å². The molecule has 43 heavy (non-hydrogen) atoms. The number of hydrogen-bond donors (Lipinski definition) is 4. The van der Waals surface area contributed by atoms with Gasteiger partial charge >= 0.3 is 5.97 Å². The molecule has 15 atom stereocenters. The van der Waals surface area contributed by atoms with E-state index in [4.69, 9.17) is 9.47 Å². The minimum Gasteiger partial charge on any atom is -0.481 e. The molecule has 7 nitrogen and oxygen atoms in total. The number of aliphatic hydroxyl groups is 3. The van der Waals surface area contributed by atoms with E-state index in [2.05, 4.69) is 54.5 Å². The highest BCUT2D eigenvalue weighted by Gasteiger charge is 2.69. The Balaban J connectivity index is 1.30. The van der Waals surface area contributed by atoms with Crippen molar-refractivity contribution in [1.82, 2.24) is 0 Å². The zero-order chi connectivity index (χ0) is 31.5. The summed E-state index contributed by atoms with van der Waals surface area (Å²) in [7, 11) is 0. The zero-order valence-corrected chi connectivity index (χ0v) is 27.8. The fraction of sp³-hybridized carbons (Fsp3) is 0.917. The van der Waals surface area contributed by atoms with Crippen LogP contribution in [0.2, 0.25) is 0 Å². The Kier molecular flexibility index (Phi) is 7.62. The number of hydrogen-bond acceptors (Lipinski definition) is 6. The molecule has 1 heterocycles. The molecule has 0 aromatic heterocycles. The molecule has 0 unspecified atom stereocenters. The summed E-state index contributed by atoms with van der Waals surface area (Å²) in [4.78, 5) is 13.0. The number of carboxylic acid groups (broad SMARTS) is 1. The maximum Gasteiger partial charge on any atom is 0.310 e. The van der Waals surface area contributed by atoms with Gasteiger partial charge in [0.2, 0.25) is 0 Å². The quantitative estimate of drug-likeness (QED) is 0.233. The third-order valence-corrected chi connectivity index (χ3v) is 15.5. The van der Waals surface area contributed by atoms with E-state index >= 15 is 0 Å². The van der Waals surface area contributed by atoms with Crippen molar-refractivity contribution in [2.45, 2.75) is 150 Å². The molecule has 1 aliphatic heterocycles. The summed E-state index contributed by atoms with van der Waals surface area (Å²) in [5.74, 6) is 1.36. The lowest BCUT2D eigenvalue weighted by Crippen LogP contribution is -2.66. The van der Waals surface area contributed by atoms with Crippen LogP contribution in [0.1, 0.15) is 113 Å². The highest BCUT2D eigenvalue weighted by Crippen LogP contribution is 2.76. The minimum atomic E-state index is -1.30. The fourth-order valence-corrected chi connectivity index (χ4v) is 12.4. The molecule has 0 aromatic carbocycles. The maximum absolute atomic E-state index is 13.0. The third-order valence-electron chi connectivity index (χ3n) is 15.5. The molecule has 5 aliphatic carbocycles. The van der Waals surface area contributed by atoms with E-state index in [9.17, 15) is 25.2 Å². The van der Waals surface area contributed by atoms with Crippen molar-refractivity contribution in [2.75, 3.05) is 0 Å². The molecule has 1 saturated heterocycles. The summed E-state index contributed by atoms with van der Waals surface area (Å²) < 4.78 is 12.4. The number of ether oxygens (including phenoxy) is 2. The Bertz CT molecular complexity index is 1150. The number of carboxylic acids is 1. The number of aliphatic carboxylic acids is 1. The third kappa shape index (κ3) is 4.19. The van der Waals surface area contributed by atoms with E-state index in [1.54, 1.807) is 6.92 Å². The van der Waals surface area contributed by atoms with Crippen LogP contribution in [0.3, 0.4) is 0 Å². The first kappa shape index (κ1) is 32.0. The average molecular weight is 603 g/mol. The highest BCUT2D eigenvalue weighted by atomic mass is 16.7. The molecular weight excluding hydrogens is 544 g/mol. The largest absolute Gasteiger partial charge is 0.481 e. The van der Waals surface area contributed by atoms with Crippen molar-refractivity contribution in [2.24, 2.45) is 56.7 Å². The second kappa shape index (κ2) is 10.3. The Labute approximate surface area is 258 Å². The summed E-state index contributed by atoms with van der Waals surface area (Å²) in [6, 6.07) is 0. The van der Waals surface area contributed by atoms with Crippen LogP contribution in [0.4, 0.5) is 0 Å². The van der Waals surface area contributed by atoms with Gasteiger partial charge in [0.25, 0.3) is 0 Å². The van der Waals surface area contributed by atoms with Gasteiger partial charge in [-0.05, 0) is 116 Å². The lowest BCUT2D eigenvalue weighted by atomic mass is 9.33. The lowest BCUT2D eigenvalue weighted by Gasteiger charge is -2.71. The molecule has 6 aliphatic rings. The number of allylic oxidation sites excluding steroid dienone is 2. The van der Waals surface area contributed by atoms with Crippen LogP contribution in [0.15, 0.2) is 11.6 Å². The molecule has 244 valence electrons. The van der Waals surface area contributed by atoms with Gasteiger partial charge in [0.1, 0.15) is 18.3 Å². The van der Waals surface area contributed by atoms with Gasteiger partial charge in [-0.25, -0.2) is 0 Å². The van der Waals surface area contributed by atoms with Gasteiger partial charge in [-0.1, -0.05) is 60.1 Å². The Hall–Kier alpha value is -0.990. The van der Waals surface area contributed by atoms with Crippen LogP contribution in [-0.2, 0) is 14.3 Å². The molecule has 5 fully saturated rings. The monoisotopic (exact) mass is 602 g/mol. The molecular formula is C36H58O7. The number of carbonyl (C=O) groups is 1. The Morgan fingerprint density at radius 1 is 0.860 bits per heavy atom. The summed E-state index contributed by atoms with van der Waals surface area (Å²) in [6.45, 7) is 18.5. The van der Waals surface area contributed by atoms with Crippen molar-refractivity contribution in [1.29, 1.82) is 0 Å². The Morgan fingerprint density at radius 3 is 2.23 bits per heavy atom. The van der Waals surface area contributed by atoms with Gasteiger partial charge in [0.15, 0.2) is 6.29 Å². The van der Waals surface area contributed by atoms with Crippen LogP contribution < -0.4 is 0 Å². The standard InChI is InChI=1S/C36H58O7/c1-19-11-16-36(31(40)41)18-17-34(7)22(26(36)20(19)2)9-10-24-33(6)14-13-25(32(4,5)23(33)12-15-35(24,34)8)43-30-29(39)28(38)27(37)21(3)42-30/h9,19-21,23-30,37-39H,10-18H2,1-8H3,(H,40,41)/t19-,20+,21-,23+,24-,25+,26+,27+,28+,29-,30+,33+,34-,35-,36+/m1/s1. The normalized spacial score (nSPS) is 56.1. The van der Waals surface area contributed by atoms with Crippen molar-refractivity contribution in [3.05, 3.63) is 11.6 Å². The van der Waals surface area contributed by atoms with E-state index in [1.807, 2.05) is 0 Å². The average Bonchev–Trinajstić information content (AvgIpc) is 2.94. The van der Waals surface area contributed by atoms with Crippen LogP contribution >= 0.6 is 0 Å². The topological polar surface area (TPSA) is 116 Å². The maximum atomic E-state index is 13.0. The second-order valence-corrected chi connectivity index (χ2v) is 17.3. The summed E-state index contributed by atoms with van der Waals surface area (Å²) in [5, 5.41) is 41.9. The van der Waals surface area contributed by atoms with Crippen LogP contribution in [0, 0.1) is 56.7 Å². The summed E-state index contributed by atoms with van der Waals surface area (Å²) in [5.41, 5.74) is 0.856. The second-order valence-electron chi connectivity index (χ2n) is 17.3. The summed E-state index contributed by atoms with van der Waals surface area (Å²) >= 11 is 0. The summed E-state index contributed by atoms with van der Waals surface area (Å²) in [6.07, 6.45) is 5.71. The van der Waals surface area contributed by atoms with E-state index in [1.165, 1.54) is 5.57 Å². The number of rotatable bonds is 3. The predicted molar refractivity (Wildman–Crippen MR) is 164 cm³/mol. The first-order chi connectivity index (χ1) is 20.0. The predicted octanol–water partition coefficient (Wildman–Crippen LogP) is 5.94. The van der Waals surface area contributed by atoms with Gasteiger partial charge in [-0.2, -0.15) is 0 Å². The van der Waals surface area contributed by atoms with Crippen molar-refractivity contribution in [3.8, 4) is 0 Å². The molecule has 4 saturated carbocycles. The highest BCUT2D eigenvalue weighted by molar-refractivity contribution is 5.76. The molecule has 4 N–H and O–H groups in total. The fourth-order valence-electron chi connectivity index (χ4n) is 12.4. The van der Waals surface area contributed by atoms with Gasteiger partial charge in [0.05, 0.1) is 17.6 Å². The molecule has 0 spiro atoms. The molecule has 0 bridgehead atoms. The number of fused-ring (bicyclic) bond motifs is 7. The molecule has 0 amide bonds. The first-order valence-corrected chi connectivity index (χ1v) is 17.2. The van der Waals surface area contributed by atoms with Crippen LogP contribution in [0.25, 0.3) is 0 Å². The minimum absolute atomic E-state index is 0.0104.